The van der Waals surface area contributed by atoms with Gasteiger partial charge in [0.15, 0.2) is 4.80 Å². The predicted octanol–water partition coefficient (Wildman–Crippen LogP) is 2.74. The van der Waals surface area contributed by atoms with Crippen LogP contribution >= 0.6 is 11.3 Å². The Morgan fingerprint density at radius 2 is 2.35 bits per heavy atom. The highest BCUT2D eigenvalue weighted by molar-refractivity contribution is 7.16. The summed E-state index contributed by atoms with van der Waals surface area (Å²) in [6.07, 6.45) is 8.39. The lowest BCUT2D eigenvalue weighted by molar-refractivity contribution is -0.119. The molecule has 0 spiro atoms. The van der Waals surface area contributed by atoms with Gasteiger partial charge in [-0.2, -0.15) is 4.99 Å². The van der Waals surface area contributed by atoms with Crippen molar-refractivity contribution in [2.45, 2.75) is 32.7 Å². The highest BCUT2D eigenvalue weighted by Gasteiger charge is 2.29. The van der Waals surface area contributed by atoms with Crippen molar-refractivity contribution < 1.29 is 4.79 Å². The number of terminal acetylenes is 1. The van der Waals surface area contributed by atoms with Gasteiger partial charge in [0.1, 0.15) is 0 Å². The van der Waals surface area contributed by atoms with Crippen molar-refractivity contribution in [3.05, 3.63) is 28.6 Å². The topological polar surface area (TPSA) is 34.4 Å². The van der Waals surface area contributed by atoms with Crippen LogP contribution in [0.4, 0.5) is 0 Å². The minimum Gasteiger partial charge on any atom is -0.305 e. The van der Waals surface area contributed by atoms with Crippen molar-refractivity contribution in [2.75, 3.05) is 0 Å². The van der Waals surface area contributed by atoms with Gasteiger partial charge in [-0.15, -0.1) is 6.42 Å². The fourth-order valence-corrected chi connectivity index (χ4v) is 3.28. The highest BCUT2D eigenvalue weighted by Crippen LogP contribution is 2.30. The summed E-state index contributed by atoms with van der Waals surface area (Å²) in [6, 6.07) is 6.34. The van der Waals surface area contributed by atoms with Crippen molar-refractivity contribution in [1.29, 1.82) is 0 Å². The number of benzene rings is 1. The average molecular weight is 284 g/mol. The monoisotopic (exact) mass is 284 g/mol. The summed E-state index contributed by atoms with van der Waals surface area (Å²) >= 11 is 1.55. The number of thiazole rings is 1. The van der Waals surface area contributed by atoms with Crippen LogP contribution in [0.15, 0.2) is 23.2 Å². The molecule has 0 saturated heterocycles. The third kappa shape index (κ3) is 2.41. The van der Waals surface area contributed by atoms with Crippen molar-refractivity contribution >= 4 is 27.5 Å². The molecule has 0 unspecified atom stereocenters. The van der Waals surface area contributed by atoms with Gasteiger partial charge in [-0.3, -0.25) is 4.79 Å². The SMILES string of the molecule is C#CCn1c(=NC(=O)C2CC2)sc2cc(CC)ccc21. The van der Waals surface area contributed by atoms with Gasteiger partial charge in [0.05, 0.1) is 16.8 Å². The molecule has 2 aromatic rings. The third-order valence-corrected chi connectivity index (χ3v) is 4.58. The number of fused-ring (bicyclic) bond motifs is 1. The maximum atomic E-state index is 11.9. The van der Waals surface area contributed by atoms with Crippen molar-refractivity contribution in [2.24, 2.45) is 10.9 Å². The summed E-state index contributed by atoms with van der Waals surface area (Å²) in [5, 5.41) is 0. The molecule has 1 saturated carbocycles. The summed E-state index contributed by atoms with van der Waals surface area (Å²) in [5.74, 6) is 2.79. The van der Waals surface area contributed by atoms with Crippen LogP contribution in [0.2, 0.25) is 0 Å². The molecule has 0 aliphatic heterocycles. The zero-order chi connectivity index (χ0) is 14.1. The summed E-state index contributed by atoms with van der Waals surface area (Å²) in [4.78, 5) is 16.9. The summed E-state index contributed by atoms with van der Waals surface area (Å²) in [7, 11) is 0. The molecule has 3 nitrogen and oxygen atoms in total. The van der Waals surface area contributed by atoms with E-state index in [-0.39, 0.29) is 11.8 Å². The molecule has 1 aliphatic rings. The molecular formula is C16H16N2OS. The molecule has 0 bridgehead atoms. The van der Waals surface area contributed by atoms with Gasteiger partial charge in [0.25, 0.3) is 5.91 Å². The Morgan fingerprint density at radius 3 is 3.00 bits per heavy atom. The second-order valence-corrected chi connectivity index (χ2v) is 6.06. The van der Waals surface area contributed by atoms with Crippen LogP contribution in [0.5, 0.6) is 0 Å². The fourth-order valence-electron chi connectivity index (χ4n) is 2.18. The van der Waals surface area contributed by atoms with E-state index in [1.54, 1.807) is 11.3 Å². The third-order valence-electron chi connectivity index (χ3n) is 3.54. The van der Waals surface area contributed by atoms with Crippen LogP contribution in [-0.2, 0) is 17.8 Å². The van der Waals surface area contributed by atoms with Crippen molar-refractivity contribution in [3.8, 4) is 12.3 Å². The largest absolute Gasteiger partial charge is 0.305 e. The first-order valence-corrected chi connectivity index (χ1v) is 7.69. The van der Waals surface area contributed by atoms with Gasteiger partial charge in [0, 0.05) is 5.92 Å². The minimum absolute atomic E-state index is 0.00181. The molecule has 0 atom stereocenters. The van der Waals surface area contributed by atoms with Gasteiger partial charge in [-0.1, -0.05) is 30.2 Å². The number of aromatic nitrogens is 1. The number of amides is 1. The Morgan fingerprint density at radius 1 is 1.55 bits per heavy atom. The second kappa shape index (κ2) is 5.26. The zero-order valence-electron chi connectivity index (χ0n) is 11.4. The molecule has 1 fully saturated rings. The smallest absolute Gasteiger partial charge is 0.251 e. The number of aryl methyl sites for hydroxylation is 1. The van der Waals surface area contributed by atoms with E-state index in [1.165, 1.54) is 5.56 Å². The zero-order valence-corrected chi connectivity index (χ0v) is 12.2. The van der Waals surface area contributed by atoms with Crippen LogP contribution in [0.3, 0.4) is 0 Å². The number of rotatable bonds is 3. The first-order valence-electron chi connectivity index (χ1n) is 6.87. The highest BCUT2D eigenvalue weighted by atomic mass is 32.1. The number of carbonyl (C=O) groups excluding carboxylic acids is 1. The Labute approximate surface area is 122 Å². The van der Waals surface area contributed by atoms with E-state index in [2.05, 4.69) is 36.0 Å². The minimum atomic E-state index is -0.00181. The van der Waals surface area contributed by atoms with Crippen molar-refractivity contribution in [3.63, 3.8) is 0 Å². The van der Waals surface area contributed by atoms with Crippen LogP contribution in [0, 0.1) is 18.3 Å². The summed E-state index contributed by atoms with van der Waals surface area (Å²) < 4.78 is 3.10. The molecule has 4 heteroatoms. The molecule has 1 aromatic heterocycles. The normalized spacial score (nSPS) is 15.5. The molecule has 1 aromatic carbocycles. The van der Waals surface area contributed by atoms with Gasteiger partial charge in [-0.05, 0) is 37.0 Å². The van der Waals surface area contributed by atoms with E-state index in [0.29, 0.717) is 6.54 Å². The van der Waals surface area contributed by atoms with Crippen LogP contribution in [0.1, 0.15) is 25.3 Å². The van der Waals surface area contributed by atoms with E-state index in [4.69, 9.17) is 6.42 Å². The van der Waals surface area contributed by atoms with E-state index in [0.717, 1.165) is 34.3 Å². The van der Waals surface area contributed by atoms with E-state index in [9.17, 15) is 4.79 Å². The average Bonchev–Trinajstić information content (AvgIpc) is 3.24. The predicted molar refractivity (Wildman–Crippen MR) is 81.3 cm³/mol. The van der Waals surface area contributed by atoms with E-state index >= 15 is 0 Å². The lowest BCUT2D eigenvalue weighted by Crippen LogP contribution is -2.16. The lowest BCUT2D eigenvalue weighted by Gasteiger charge is -2.00. The molecule has 0 N–H and O–H groups in total. The standard InChI is InChI=1S/C16H16N2OS/c1-3-9-18-13-8-5-11(4-2)10-14(13)20-16(18)17-15(19)12-6-7-12/h1,5,8,10,12H,4,6-7,9H2,2H3. The molecular weight excluding hydrogens is 268 g/mol. The van der Waals surface area contributed by atoms with Gasteiger partial charge >= 0.3 is 0 Å². The molecule has 1 heterocycles. The molecule has 102 valence electrons. The molecule has 0 radical (unpaired) electrons. The Balaban J connectivity index is 2.16. The van der Waals surface area contributed by atoms with E-state index in [1.807, 2.05) is 4.57 Å². The quantitative estimate of drug-likeness (QED) is 0.798. The van der Waals surface area contributed by atoms with Crippen LogP contribution in [0.25, 0.3) is 10.2 Å². The molecule has 1 aliphatic carbocycles. The maximum Gasteiger partial charge on any atom is 0.251 e. The second-order valence-electron chi connectivity index (χ2n) is 5.05. The van der Waals surface area contributed by atoms with Gasteiger partial charge in [-0.25, -0.2) is 0 Å². The Hall–Kier alpha value is -1.86. The summed E-state index contributed by atoms with van der Waals surface area (Å²) in [5.41, 5.74) is 2.35. The molecule has 3 rings (SSSR count). The Bertz CT molecular complexity index is 772. The van der Waals surface area contributed by atoms with Crippen LogP contribution < -0.4 is 4.80 Å². The van der Waals surface area contributed by atoms with Gasteiger partial charge in [0.2, 0.25) is 0 Å². The number of nitrogens with zero attached hydrogens (tertiary/aromatic N) is 2. The van der Waals surface area contributed by atoms with Crippen LogP contribution in [-0.4, -0.2) is 10.5 Å². The number of hydrogen-bond acceptors (Lipinski definition) is 2. The number of carbonyl (C=O) groups is 1. The fraction of sp³-hybridized carbons (Fsp3) is 0.375. The molecule has 20 heavy (non-hydrogen) atoms. The summed E-state index contributed by atoms with van der Waals surface area (Å²) in [6.45, 7) is 2.58. The molecule has 1 amide bonds. The maximum absolute atomic E-state index is 11.9. The van der Waals surface area contributed by atoms with E-state index < -0.39 is 0 Å². The van der Waals surface area contributed by atoms with Crippen molar-refractivity contribution in [1.82, 2.24) is 4.57 Å². The number of hydrogen-bond donors (Lipinski definition) is 0. The first-order chi connectivity index (χ1) is 9.72. The van der Waals surface area contributed by atoms with Gasteiger partial charge < -0.3 is 4.57 Å². The first kappa shape index (κ1) is 13.1. The lowest BCUT2D eigenvalue weighted by atomic mass is 10.2. The Kier molecular flexibility index (Phi) is 3.45.